The highest BCUT2D eigenvalue weighted by molar-refractivity contribution is 5.92. The number of para-hydroxylation sites is 1. The van der Waals surface area contributed by atoms with Crippen LogP contribution in [0.2, 0.25) is 0 Å². The van der Waals surface area contributed by atoms with Crippen molar-refractivity contribution in [1.82, 2.24) is 15.3 Å². The summed E-state index contributed by atoms with van der Waals surface area (Å²) in [7, 11) is 0. The summed E-state index contributed by atoms with van der Waals surface area (Å²) in [6.07, 6.45) is 3.19. The molecule has 7 heteroatoms. The SMILES string of the molecule is CC(C)(C)NC(=O)N(Cc1ccccn1)c1ccc(Oc2ccccc2F)nc1. The van der Waals surface area contributed by atoms with Gasteiger partial charge in [0.1, 0.15) is 0 Å². The van der Waals surface area contributed by atoms with Crippen LogP contribution in [0.4, 0.5) is 14.9 Å². The van der Waals surface area contributed by atoms with Crippen LogP contribution in [0.5, 0.6) is 11.6 Å². The molecule has 150 valence electrons. The van der Waals surface area contributed by atoms with E-state index in [1.165, 1.54) is 18.3 Å². The molecule has 0 saturated carbocycles. The fourth-order valence-corrected chi connectivity index (χ4v) is 2.55. The van der Waals surface area contributed by atoms with Crippen molar-refractivity contribution < 1.29 is 13.9 Å². The number of nitrogens with zero attached hydrogens (tertiary/aromatic N) is 3. The van der Waals surface area contributed by atoms with Gasteiger partial charge >= 0.3 is 6.03 Å². The molecule has 1 aromatic carbocycles. The molecule has 0 atom stereocenters. The van der Waals surface area contributed by atoms with Crippen molar-refractivity contribution in [2.24, 2.45) is 0 Å². The number of pyridine rings is 2. The topological polar surface area (TPSA) is 67.4 Å². The zero-order valence-electron chi connectivity index (χ0n) is 16.6. The molecule has 29 heavy (non-hydrogen) atoms. The normalized spacial score (nSPS) is 11.0. The Morgan fingerprint density at radius 1 is 1.07 bits per heavy atom. The van der Waals surface area contributed by atoms with Gasteiger partial charge in [-0.3, -0.25) is 9.88 Å². The standard InChI is InChI=1S/C22H23FN4O2/c1-22(2,3)26-21(28)27(15-16-8-6-7-13-24-16)17-11-12-20(25-14-17)29-19-10-5-4-9-18(19)23/h4-14H,15H2,1-3H3,(H,26,28). The summed E-state index contributed by atoms with van der Waals surface area (Å²) in [6.45, 7) is 6.01. The van der Waals surface area contributed by atoms with Gasteiger partial charge in [0.25, 0.3) is 0 Å². The van der Waals surface area contributed by atoms with Gasteiger partial charge in [-0.2, -0.15) is 0 Å². The highest BCUT2D eigenvalue weighted by atomic mass is 19.1. The Balaban J connectivity index is 1.83. The molecule has 0 fully saturated rings. The van der Waals surface area contributed by atoms with Gasteiger partial charge in [0.15, 0.2) is 11.6 Å². The number of aromatic nitrogens is 2. The fraction of sp³-hybridized carbons (Fsp3) is 0.227. The molecule has 2 aromatic heterocycles. The molecule has 1 N–H and O–H groups in total. The first-order valence-corrected chi connectivity index (χ1v) is 9.20. The van der Waals surface area contributed by atoms with Crippen LogP contribution in [-0.4, -0.2) is 21.5 Å². The second-order valence-electron chi connectivity index (χ2n) is 7.47. The minimum absolute atomic E-state index is 0.0866. The highest BCUT2D eigenvalue weighted by Crippen LogP contribution is 2.25. The fourth-order valence-electron chi connectivity index (χ4n) is 2.55. The number of carbonyl (C=O) groups is 1. The summed E-state index contributed by atoms with van der Waals surface area (Å²) >= 11 is 0. The third-order valence-corrected chi connectivity index (χ3v) is 3.86. The smallest absolute Gasteiger partial charge is 0.322 e. The van der Waals surface area contributed by atoms with E-state index in [0.29, 0.717) is 5.69 Å². The number of amides is 2. The van der Waals surface area contributed by atoms with Gasteiger partial charge in [0.05, 0.1) is 24.1 Å². The Morgan fingerprint density at radius 2 is 1.83 bits per heavy atom. The molecule has 0 unspecified atom stereocenters. The van der Waals surface area contributed by atoms with Crippen molar-refractivity contribution in [2.45, 2.75) is 32.9 Å². The van der Waals surface area contributed by atoms with Gasteiger partial charge in [-0.05, 0) is 51.1 Å². The van der Waals surface area contributed by atoms with Crippen LogP contribution in [0.3, 0.4) is 0 Å². The van der Waals surface area contributed by atoms with Crippen molar-refractivity contribution >= 4 is 11.7 Å². The molecule has 2 heterocycles. The summed E-state index contributed by atoms with van der Waals surface area (Å²) in [5.41, 5.74) is 0.905. The lowest BCUT2D eigenvalue weighted by Crippen LogP contribution is -2.48. The number of anilines is 1. The quantitative estimate of drug-likeness (QED) is 0.667. The maximum atomic E-state index is 13.8. The van der Waals surface area contributed by atoms with E-state index in [0.717, 1.165) is 5.69 Å². The summed E-state index contributed by atoms with van der Waals surface area (Å²) in [5.74, 6) is -0.156. The predicted molar refractivity (Wildman–Crippen MR) is 109 cm³/mol. The van der Waals surface area contributed by atoms with E-state index < -0.39 is 11.4 Å². The molecule has 0 aliphatic carbocycles. The van der Waals surface area contributed by atoms with Crippen LogP contribution in [0.1, 0.15) is 26.5 Å². The Hall–Kier alpha value is -3.48. The van der Waals surface area contributed by atoms with Gasteiger partial charge in [0.2, 0.25) is 5.88 Å². The third kappa shape index (κ3) is 5.75. The second-order valence-corrected chi connectivity index (χ2v) is 7.47. The van der Waals surface area contributed by atoms with E-state index in [1.807, 2.05) is 39.0 Å². The van der Waals surface area contributed by atoms with Crippen LogP contribution < -0.4 is 15.0 Å². The molecular formula is C22H23FN4O2. The van der Waals surface area contributed by atoms with Crippen molar-refractivity contribution in [3.8, 4) is 11.6 Å². The van der Waals surface area contributed by atoms with Gasteiger partial charge < -0.3 is 10.1 Å². The number of halogens is 1. The van der Waals surface area contributed by atoms with Crippen LogP contribution in [-0.2, 0) is 6.54 Å². The lowest BCUT2D eigenvalue weighted by molar-refractivity contribution is 0.237. The number of nitrogens with one attached hydrogen (secondary N) is 1. The lowest BCUT2D eigenvalue weighted by atomic mass is 10.1. The highest BCUT2D eigenvalue weighted by Gasteiger charge is 2.22. The van der Waals surface area contributed by atoms with Gasteiger partial charge in [-0.1, -0.05) is 18.2 Å². The number of benzene rings is 1. The average molecular weight is 394 g/mol. The number of rotatable bonds is 5. The van der Waals surface area contributed by atoms with E-state index in [1.54, 1.807) is 35.4 Å². The molecule has 3 aromatic rings. The summed E-state index contributed by atoms with van der Waals surface area (Å²) < 4.78 is 19.3. The minimum Gasteiger partial charge on any atom is -0.436 e. The summed E-state index contributed by atoms with van der Waals surface area (Å²) in [6, 6.07) is 14.7. The summed E-state index contributed by atoms with van der Waals surface area (Å²) in [5, 5.41) is 2.95. The minimum atomic E-state index is -0.472. The Kier molecular flexibility index (Phi) is 6.07. The maximum Gasteiger partial charge on any atom is 0.322 e. The molecule has 0 bridgehead atoms. The number of hydrogen-bond donors (Lipinski definition) is 1. The van der Waals surface area contributed by atoms with Crippen molar-refractivity contribution in [3.63, 3.8) is 0 Å². The number of urea groups is 1. The Morgan fingerprint density at radius 3 is 2.45 bits per heavy atom. The molecule has 0 radical (unpaired) electrons. The van der Waals surface area contributed by atoms with E-state index in [2.05, 4.69) is 15.3 Å². The van der Waals surface area contributed by atoms with Crippen molar-refractivity contribution in [1.29, 1.82) is 0 Å². The molecule has 0 saturated heterocycles. The number of carbonyl (C=O) groups excluding carboxylic acids is 1. The molecular weight excluding hydrogens is 371 g/mol. The maximum absolute atomic E-state index is 13.8. The van der Waals surface area contributed by atoms with Gasteiger partial charge in [-0.25, -0.2) is 14.2 Å². The van der Waals surface area contributed by atoms with E-state index in [4.69, 9.17) is 4.74 Å². The molecule has 0 spiro atoms. The van der Waals surface area contributed by atoms with Gasteiger partial charge in [0, 0.05) is 17.8 Å². The first-order valence-electron chi connectivity index (χ1n) is 9.20. The van der Waals surface area contributed by atoms with Gasteiger partial charge in [-0.15, -0.1) is 0 Å². The zero-order chi connectivity index (χ0) is 20.9. The molecule has 2 amide bonds. The average Bonchev–Trinajstić information content (AvgIpc) is 2.68. The van der Waals surface area contributed by atoms with E-state index in [9.17, 15) is 9.18 Å². The van der Waals surface area contributed by atoms with Crippen molar-refractivity contribution in [2.75, 3.05) is 4.90 Å². The second kappa shape index (κ2) is 8.68. The zero-order valence-corrected chi connectivity index (χ0v) is 16.6. The summed E-state index contributed by atoms with van der Waals surface area (Å²) in [4.78, 5) is 22.9. The van der Waals surface area contributed by atoms with Crippen LogP contribution in [0, 0.1) is 5.82 Å². The number of hydrogen-bond acceptors (Lipinski definition) is 4. The van der Waals surface area contributed by atoms with Crippen LogP contribution >= 0.6 is 0 Å². The largest absolute Gasteiger partial charge is 0.436 e. The van der Waals surface area contributed by atoms with Crippen molar-refractivity contribution in [3.05, 3.63) is 78.5 Å². The molecule has 6 nitrogen and oxygen atoms in total. The molecule has 0 aliphatic rings. The van der Waals surface area contributed by atoms with Crippen LogP contribution in [0.15, 0.2) is 67.0 Å². The Bertz CT molecular complexity index is 957. The first kappa shape index (κ1) is 20.3. The first-order chi connectivity index (χ1) is 13.8. The lowest BCUT2D eigenvalue weighted by Gasteiger charge is -2.28. The monoisotopic (exact) mass is 394 g/mol. The molecule has 0 aliphatic heterocycles. The third-order valence-electron chi connectivity index (χ3n) is 3.86. The predicted octanol–water partition coefficient (Wildman–Crippen LogP) is 4.92. The van der Waals surface area contributed by atoms with Crippen LogP contribution in [0.25, 0.3) is 0 Å². The van der Waals surface area contributed by atoms with E-state index in [-0.39, 0.29) is 24.2 Å². The number of ether oxygens (including phenoxy) is 1. The van der Waals surface area contributed by atoms with E-state index >= 15 is 0 Å². The Labute approximate surface area is 169 Å². The molecule has 3 rings (SSSR count).